The van der Waals surface area contributed by atoms with Crippen molar-refractivity contribution >= 4 is 23.6 Å². The predicted octanol–water partition coefficient (Wildman–Crippen LogP) is 2.54. The van der Waals surface area contributed by atoms with Crippen molar-refractivity contribution in [2.45, 2.75) is 42.5 Å². The number of rotatable bonds is 5. The van der Waals surface area contributed by atoms with E-state index in [1.165, 1.54) is 18.9 Å². The molecular weight excluding hydrogens is 342 g/mol. The molecule has 1 saturated carbocycles. The summed E-state index contributed by atoms with van der Waals surface area (Å²) in [5, 5.41) is 2.93. The fraction of sp³-hybridized carbons (Fsp3) is 0.556. The molecule has 3 rings (SSSR count). The molecule has 0 unspecified atom stereocenters. The van der Waals surface area contributed by atoms with Gasteiger partial charge in [-0.1, -0.05) is 19.3 Å². The van der Waals surface area contributed by atoms with Crippen LogP contribution in [0.5, 0.6) is 11.5 Å². The van der Waals surface area contributed by atoms with Crippen molar-refractivity contribution in [3.63, 3.8) is 0 Å². The third-order valence-electron chi connectivity index (χ3n) is 4.55. The number of carbonyl (C=O) groups excluding carboxylic acids is 2. The summed E-state index contributed by atoms with van der Waals surface area (Å²) in [4.78, 5) is 25.5. The number of nitrogens with one attached hydrogen (secondary N) is 1. The third-order valence-corrected chi connectivity index (χ3v) is 5.54. The summed E-state index contributed by atoms with van der Waals surface area (Å²) in [7, 11) is 1.37. The number of fused-ring (bicyclic) bond motifs is 1. The van der Waals surface area contributed by atoms with Gasteiger partial charge in [0, 0.05) is 4.90 Å². The Morgan fingerprint density at radius 3 is 2.60 bits per heavy atom. The van der Waals surface area contributed by atoms with Gasteiger partial charge < -0.3 is 19.5 Å². The highest BCUT2D eigenvalue weighted by Gasteiger charge is 2.41. The molecule has 1 aliphatic carbocycles. The van der Waals surface area contributed by atoms with Gasteiger partial charge in [-0.05, 0) is 31.0 Å². The number of hydrogen-bond donors (Lipinski definition) is 1. The number of benzene rings is 1. The Balaban J connectivity index is 1.59. The smallest absolute Gasteiger partial charge is 0.331 e. The molecule has 0 bridgehead atoms. The Kier molecular flexibility index (Phi) is 5.73. The zero-order valence-electron chi connectivity index (χ0n) is 14.3. The van der Waals surface area contributed by atoms with E-state index in [1.54, 1.807) is 0 Å². The molecule has 0 saturated heterocycles. The number of amides is 1. The Labute approximate surface area is 151 Å². The number of methoxy groups -OCH3 is 1. The lowest BCUT2D eigenvalue weighted by molar-refractivity contribution is -0.152. The van der Waals surface area contributed by atoms with Crippen molar-refractivity contribution in [1.82, 2.24) is 5.32 Å². The Hall–Kier alpha value is -1.89. The van der Waals surface area contributed by atoms with Crippen LogP contribution in [0, 0.1) is 0 Å². The van der Waals surface area contributed by atoms with Gasteiger partial charge in [0.2, 0.25) is 5.91 Å². The number of ether oxygens (including phenoxy) is 3. The highest BCUT2D eigenvalue weighted by atomic mass is 32.2. The molecule has 0 atom stereocenters. The maximum absolute atomic E-state index is 12.4. The Morgan fingerprint density at radius 2 is 1.88 bits per heavy atom. The van der Waals surface area contributed by atoms with E-state index in [4.69, 9.17) is 14.2 Å². The van der Waals surface area contributed by atoms with Crippen LogP contribution in [0.1, 0.15) is 32.1 Å². The maximum atomic E-state index is 12.4. The first-order valence-electron chi connectivity index (χ1n) is 8.55. The van der Waals surface area contributed by atoms with Gasteiger partial charge in [-0.3, -0.25) is 4.79 Å². The van der Waals surface area contributed by atoms with Crippen molar-refractivity contribution in [3.8, 4) is 11.5 Å². The van der Waals surface area contributed by atoms with Gasteiger partial charge in [0.25, 0.3) is 0 Å². The molecule has 0 radical (unpaired) electrons. The van der Waals surface area contributed by atoms with Crippen LogP contribution >= 0.6 is 11.8 Å². The number of carbonyl (C=O) groups is 2. The summed E-state index contributed by atoms with van der Waals surface area (Å²) in [5.74, 6) is 1.16. The highest BCUT2D eigenvalue weighted by molar-refractivity contribution is 8.00. The summed E-state index contributed by atoms with van der Waals surface area (Å²) < 4.78 is 16.0. The minimum absolute atomic E-state index is 0.160. The van der Waals surface area contributed by atoms with E-state index in [0.29, 0.717) is 31.8 Å². The maximum Gasteiger partial charge on any atom is 0.331 e. The minimum Gasteiger partial charge on any atom is -0.486 e. The van der Waals surface area contributed by atoms with Crippen LogP contribution in [0.4, 0.5) is 0 Å². The molecule has 2 aliphatic rings. The van der Waals surface area contributed by atoms with Gasteiger partial charge in [0.05, 0.1) is 12.9 Å². The summed E-state index contributed by atoms with van der Waals surface area (Å²) in [5.41, 5.74) is -0.864. The molecule has 0 spiro atoms. The molecule has 1 heterocycles. The van der Waals surface area contributed by atoms with E-state index in [1.807, 2.05) is 18.2 Å². The van der Waals surface area contributed by atoms with Crippen molar-refractivity contribution in [3.05, 3.63) is 18.2 Å². The molecule has 1 amide bonds. The standard InChI is InChI=1S/C18H23NO5S/c1-22-17(21)18(7-3-2-4-8-18)19-16(20)12-25-13-5-6-14-15(11-13)24-10-9-23-14/h5-6,11H,2-4,7-10,12H2,1H3,(H,19,20). The summed E-state index contributed by atoms with van der Waals surface area (Å²) in [6.45, 7) is 1.08. The molecule has 136 valence electrons. The Bertz CT molecular complexity index is 642. The minimum atomic E-state index is -0.864. The lowest BCUT2D eigenvalue weighted by Gasteiger charge is -2.35. The van der Waals surface area contributed by atoms with Gasteiger partial charge in [-0.15, -0.1) is 11.8 Å². The number of hydrogen-bond acceptors (Lipinski definition) is 6. The van der Waals surface area contributed by atoms with Crippen LogP contribution in [-0.4, -0.2) is 43.5 Å². The number of esters is 1. The lowest BCUT2D eigenvalue weighted by atomic mass is 9.81. The highest BCUT2D eigenvalue weighted by Crippen LogP contribution is 2.34. The van der Waals surface area contributed by atoms with Crippen LogP contribution in [0.15, 0.2) is 23.1 Å². The van der Waals surface area contributed by atoms with Gasteiger partial charge in [0.1, 0.15) is 18.8 Å². The second-order valence-corrected chi connectivity index (χ2v) is 7.33. The SMILES string of the molecule is COC(=O)C1(NC(=O)CSc2ccc3c(c2)OCCO3)CCCCC1. The van der Waals surface area contributed by atoms with Crippen molar-refractivity contribution in [1.29, 1.82) is 0 Å². The quantitative estimate of drug-likeness (QED) is 0.638. The van der Waals surface area contributed by atoms with E-state index < -0.39 is 5.54 Å². The van der Waals surface area contributed by atoms with Crippen LogP contribution in [-0.2, 0) is 14.3 Å². The topological polar surface area (TPSA) is 73.9 Å². The molecule has 6 nitrogen and oxygen atoms in total. The zero-order valence-corrected chi connectivity index (χ0v) is 15.2. The molecule has 1 N–H and O–H groups in total. The fourth-order valence-corrected chi connectivity index (χ4v) is 4.02. The van der Waals surface area contributed by atoms with E-state index in [2.05, 4.69) is 5.32 Å². The zero-order chi connectivity index (χ0) is 17.7. The largest absolute Gasteiger partial charge is 0.486 e. The summed E-state index contributed by atoms with van der Waals surface area (Å²) >= 11 is 1.41. The van der Waals surface area contributed by atoms with Crippen molar-refractivity contribution < 1.29 is 23.8 Å². The van der Waals surface area contributed by atoms with Gasteiger partial charge in [-0.25, -0.2) is 4.79 Å². The van der Waals surface area contributed by atoms with E-state index in [0.717, 1.165) is 29.9 Å². The third kappa shape index (κ3) is 4.21. The molecule has 1 fully saturated rings. The average Bonchev–Trinajstić information content (AvgIpc) is 2.66. The molecule has 7 heteroatoms. The summed E-state index contributed by atoms with van der Waals surface area (Å²) in [6.07, 6.45) is 4.20. The van der Waals surface area contributed by atoms with E-state index >= 15 is 0 Å². The molecule has 0 aromatic heterocycles. The Morgan fingerprint density at radius 1 is 1.16 bits per heavy atom. The fourth-order valence-electron chi connectivity index (χ4n) is 3.30. The molecule has 1 aromatic carbocycles. The second-order valence-electron chi connectivity index (χ2n) is 6.28. The lowest BCUT2D eigenvalue weighted by Crippen LogP contribution is -2.56. The first-order valence-corrected chi connectivity index (χ1v) is 9.53. The number of thioether (sulfide) groups is 1. The second kappa shape index (κ2) is 7.99. The van der Waals surface area contributed by atoms with Crippen LogP contribution in [0.2, 0.25) is 0 Å². The van der Waals surface area contributed by atoms with Gasteiger partial charge in [0.15, 0.2) is 11.5 Å². The summed E-state index contributed by atoms with van der Waals surface area (Å²) in [6, 6.07) is 5.64. The molecule has 1 aromatic rings. The monoisotopic (exact) mass is 365 g/mol. The first kappa shape index (κ1) is 17.9. The van der Waals surface area contributed by atoms with E-state index in [9.17, 15) is 9.59 Å². The van der Waals surface area contributed by atoms with Crippen LogP contribution in [0.3, 0.4) is 0 Å². The van der Waals surface area contributed by atoms with Crippen molar-refractivity contribution in [2.75, 3.05) is 26.1 Å². The van der Waals surface area contributed by atoms with Crippen molar-refractivity contribution in [2.24, 2.45) is 0 Å². The van der Waals surface area contributed by atoms with Crippen LogP contribution in [0.25, 0.3) is 0 Å². The van der Waals surface area contributed by atoms with Gasteiger partial charge in [-0.2, -0.15) is 0 Å². The molecule has 25 heavy (non-hydrogen) atoms. The normalized spacial score (nSPS) is 18.3. The first-order chi connectivity index (χ1) is 12.1. The van der Waals surface area contributed by atoms with Crippen LogP contribution < -0.4 is 14.8 Å². The molecular formula is C18H23NO5S. The predicted molar refractivity (Wildman–Crippen MR) is 94.1 cm³/mol. The molecule has 1 aliphatic heterocycles. The van der Waals surface area contributed by atoms with Gasteiger partial charge >= 0.3 is 5.97 Å². The average molecular weight is 365 g/mol. The van der Waals surface area contributed by atoms with E-state index in [-0.39, 0.29) is 17.6 Å².